The van der Waals surface area contributed by atoms with Crippen LogP contribution in [0.2, 0.25) is 0 Å². The third-order valence-corrected chi connectivity index (χ3v) is 10.2. The molecule has 0 radical (unpaired) electrons. The molecule has 4 atom stereocenters. The number of aromatic nitrogens is 3. The number of para-hydroxylation sites is 1. The third kappa shape index (κ3) is 4.68. The summed E-state index contributed by atoms with van der Waals surface area (Å²) in [5.74, 6) is -1.87. The van der Waals surface area contributed by atoms with Crippen LogP contribution in [0.1, 0.15) is 35.1 Å². The van der Waals surface area contributed by atoms with Gasteiger partial charge in [0.05, 0.1) is 41.9 Å². The molecule has 0 spiro atoms. The van der Waals surface area contributed by atoms with Crippen molar-refractivity contribution in [2.75, 3.05) is 18.6 Å². The monoisotopic (exact) mass is 669 g/mol. The first-order valence-electron chi connectivity index (χ1n) is 16.6. The SMILES string of the molecule is Cc1ccc(NN2C(=O)[C@@H]3C[C@@H]4C(=CCn5c(=O)n(-c6ccccc6)c(=O)n54)[C@H](c4ccc(OCCO)cc4)[C@]3(c3ccccc3)C2=O)cc1. The molecule has 2 fully saturated rings. The summed E-state index contributed by atoms with van der Waals surface area (Å²) in [6, 6.07) is 32.2. The van der Waals surface area contributed by atoms with Gasteiger partial charge in [0.2, 0.25) is 0 Å². The number of allylic oxidation sites excluding steroid dienone is 2. The molecule has 1 aromatic heterocycles. The fraction of sp³-hybridized carbons (Fsp3) is 0.231. The number of fused-ring (bicyclic) bond motifs is 4. The Kier molecular flexibility index (Phi) is 7.64. The zero-order valence-electron chi connectivity index (χ0n) is 27.3. The molecule has 50 heavy (non-hydrogen) atoms. The van der Waals surface area contributed by atoms with E-state index in [1.54, 1.807) is 36.4 Å². The minimum Gasteiger partial charge on any atom is -0.491 e. The smallest absolute Gasteiger partial charge is 0.352 e. The fourth-order valence-corrected chi connectivity index (χ4v) is 8.10. The van der Waals surface area contributed by atoms with E-state index < -0.39 is 46.5 Å². The number of rotatable bonds is 8. The van der Waals surface area contributed by atoms with Gasteiger partial charge in [-0.2, -0.15) is 5.01 Å². The molecule has 8 rings (SSSR count). The van der Waals surface area contributed by atoms with Crippen LogP contribution in [-0.2, 0) is 21.5 Å². The normalized spacial score (nSPS) is 22.4. The lowest BCUT2D eigenvalue weighted by atomic mass is 9.53. The minimum absolute atomic E-state index is 0.108. The zero-order valence-corrected chi connectivity index (χ0v) is 27.3. The molecule has 2 amide bonds. The van der Waals surface area contributed by atoms with Crippen LogP contribution in [0.15, 0.2) is 130 Å². The Morgan fingerprint density at radius 1 is 0.840 bits per heavy atom. The highest BCUT2D eigenvalue weighted by Crippen LogP contribution is 2.61. The number of hydrogen-bond acceptors (Lipinski definition) is 7. The molecule has 1 saturated carbocycles. The molecular weight excluding hydrogens is 634 g/mol. The summed E-state index contributed by atoms with van der Waals surface area (Å²) < 4.78 is 9.71. The van der Waals surface area contributed by atoms with E-state index in [1.165, 1.54) is 9.36 Å². The third-order valence-electron chi connectivity index (χ3n) is 10.2. The molecule has 11 heteroatoms. The second-order valence-corrected chi connectivity index (χ2v) is 12.9. The van der Waals surface area contributed by atoms with Crippen molar-refractivity contribution in [3.63, 3.8) is 0 Å². The van der Waals surface area contributed by atoms with Gasteiger partial charge >= 0.3 is 11.4 Å². The maximum absolute atomic E-state index is 15.2. The molecule has 4 aromatic carbocycles. The van der Waals surface area contributed by atoms with E-state index >= 15 is 4.79 Å². The highest BCUT2D eigenvalue weighted by atomic mass is 16.5. The number of aliphatic hydroxyl groups excluding tert-OH is 1. The van der Waals surface area contributed by atoms with Crippen LogP contribution in [-0.4, -0.2) is 49.1 Å². The Morgan fingerprint density at radius 2 is 1.52 bits per heavy atom. The highest BCUT2D eigenvalue weighted by molar-refractivity contribution is 6.12. The molecule has 0 bridgehead atoms. The van der Waals surface area contributed by atoms with Gasteiger partial charge in [-0.3, -0.25) is 15.0 Å². The summed E-state index contributed by atoms with van der Waals surface area (Å²) in [6.07, 6.45) is 2.06. The van der Waals surface area contributed by atoms with Crippen LogP contribution < -0.4 is 21.5 Å². The van der Waals surface area contributed by atoms with Crippen molar-refractivity contribution in [1.29, 1.82) is 0 Å². The molecule has 2 aliphatic heterocycles. The molecule has 0 unspecified atom stereocenters. The van der Waals surface area contributed by atoms with Crippen LogP contribution in [0.3, 0.4) is 0 Å². The Morgan fingerprint density at radius 3 is 2.20 bits per heavy atom. The van der Waals surface area contributed by atoms with Crippen molar-refractivity contribution in [3.8, 4) is 11.4 Å². The summed E-state index contributed by atoms with van der Waals surface area (Å²) in [5.41, 5.74) is 5.00. The molecule has 1 saturated heterocycles. The number of aryl methyl sites for hydroxylation is 1. The minimum atomic E-state index is -1.39. The number of nitrogens with zero attached hydrogens (tertiary/aromatic N) is 4. The molecule has 5 aromatic rings. The fourth-order valence-electron chi connectivity index (χ4n) is 8.10. The van der Waals surface area contributed by atoms with E-state index in [0.29, 0.717) is 22.7 Å². The van der Waals surface area contributed by atoms with Gasteiger partial charge in [0.25, 0.3) is 11.8 Å². The maximum atomic E-state index is 15.2. The number of anilines is 1. The van der Waals surface area contributed by atoms with E-state index in [1.807, 2.05) is 85.8 Å². The summed E-state index contributed by atoms with van der Waals surface area (Å²) in [6.45, 7) is 2.05. The Hall–Kier alpha value is -5.94. The number of ether oxygens (including phenoxy) is 1. The first-order valence-corrected chi connectivity index (χ1v) is 16.6. The molecule has 252 valence electrons. The van der Waals surface area contributed by atoms with E-state index in [4.69, 9.17) is 4.74 Å². The second-order valence-electron chi connectivity index (χ2n) is 12.9. The Bertz CT molecular complexity index is 2240. The van der Waals surface area contributed by atoms with Crippen molar-refractivity contribution < 1.29 is 19.4 Å². The average Bonchev–Trinajstić information content (AvgIpc) is 3.53. The van der Waals surface area contributed by atoms with Gasteiger partial charge in [-0.15, -0.1) is 0 Å². The van der Waals surface area contributed by atoms with Gasteiger partial charge in [-0.25, -0.2) is 23.5 Å². The van der Waals surface area contributed by atoms with Gasteiger partial charge in [0.1, 0.15) is 12.4 Å². The Balaban J connectivity index is 1.34. The highest BCUT2D eigenvalue weighted by Gasteiger charge is 2.68. The number of hydrogen-bond donors (Lipinski definition) is 2. The van der Waals surface area contributed by atoms with E-state index in [0.717, 1.165) is 26.3 Å². The van der Waals surface area contributed by atoms with Gasteiger partial charge in [-0.1, -0.05) is 84.4 Å². The number of hydrazine groups is 1. The van der Waals surface area contributed by atoms with Crippen LogP contribution >= 0.6 is 0 Å². The predicted molar refractivity (Wildman–Crippen MR) is 186 cm³/mol. The molecule has 2 N–H and O–H groups in total. The average molecular weight is 670 g/mol. The number of aliphatic hydroxyl groups is 1. The van der Waals surface area contributed by atoms with E-state index in [9.17, 15) is 19.5 Å². The number of imide groups is 1. The summed E-state index contributed by atoms with van der Waals surface area (Å²) >= 11 is 0. The van der Waals surface area contributed by atoms with Gasteiger partial charge in [-0.05, 0) is 66.4 Å². The zero-order chi connectivity index (χ0) is 34.6. The summed E-state index contributed by atoms with van der Waals surface area (Å²) in [5, 5.41) is 10.4. The molecule has 11 nitrogen and oxygen atoms in total. The largest absolute Gasteiger partial charge is 0.491 e. The van der Waals surface area contributed by atoms with Crippen molar-refractivity contribution in [1.82, 2.24) is 18.9 Å². The number of amides is 2. The summed E-state index contributed by atoms with van der Waals surface area (Å²) in [4.78, 5) is 58.0. The first-order chi connectivity index (χ1) is 24.3. The van der Waals surface area contributed by atoms with Crippen molar-refractivity contribution in [2.45, 2.75) is 37.3 Å². The molecule has 3 aliphatic rings. The number of nitrogens with one attached hydrogen (secondary N) is 1. The van der Waals surface area contributed by atoms with Crippen molar-refractivity contribution >= 4 is 17.5 Å². The van der Waals surface area contributed by atoms with E-state index in [2.05, 4.69) is 5.43 Å². The van der Waals surface area contributed by atoms with Crippen molar-refractivity contribution in [3.05, 3.63) is 159 Å². The molecule has 1 aliphatic carbocycles. The predicted octanol–water partition coefficient (Wildman–Crippen LogP) is 4.10. The lowest BCUT2D eigenvalue weighted by molar-refractivity contribution is -0.138. The summed E-state index contributed by atoms with van der Waals surface area (Å²) in [7, 11) is 0. The Labute approximate surface area is 287 Å². The van der Waals surface area contributed by atoms with Crippen LogP contribution in [0.25, 0.3) is 5.69 Å². The molecular formula is C39H35N5O6. The van der Waals surface area contributed by atoms with Gasteiger partial charge in [0, 0.05) is 5.92 Å². The number of benzene rings is 4. The molecule has 3 heterocycles. The quantitative estimate of drug-likeness (QED) is 0.188. The lowest BCUT2D eigenvalue weighted by Crippen LogP contribution is -2.53. The second kappa shape index (κ2) is 12.2. The first kappa shape index (κ1) is 31.3. The van der Waals surface area contributed by atoms with Crippen LogP contribution in [0.4, 0.5) is 5.69 Å². The van der Waals surface area contributed by atoms with Crippen LogP contribution in [0.5, 0.6) is 5.75 Å². The maximum Gasteiger partial charge on any atom is 0.352 e. The van der Waals surface area contributed by atoms with Crippen molar-refractivity contribution in [2.24, 2.45) is 5.92 Å². The van der Waals surface area contributed by atoms with Crippen LogP contribution in [0, 0.1) is 12.8 Å². The standard InChI is InChI=1S/C39H35N5O6/c1-25-12-16-28(17-13-25)40-43-35(46)32-24-33-31(20-21-41-37(48)42(38(49)44(33)41)29-10-6-3-7-11-29)34(26-14-18-30(19-15-26)50-23-22-45)39(32,36(43)47)27-8-4-2-5-9-27/h2-20,32-34,40,45H,21-24H2,1H3/t32-,33+,34-,39+/m0/s1. The van der Waals surface area contributed by atoms with Gasteiger partial charge in [0.15, 0.2) is 0 Å². The number of carbonyl (C=O) groups excluding carboxylic acids is 2. The number of carbonyl (C=O) groups is 2. The lowest BCUT2D eigenvalue weighted by Gasteiger charge is -2.49. The van der Waals surface area contributed by atoms with Gasteiger partial charge < -0.3 is 9.84 Å². The topological polar surface area (TPSA) is 128 Å². The van der Waals surface area contributed by atoms with E-state index in [-0.39, 0.29) is 26.2 Å².